The molecule has 2 atom stereocenters. The largest absolute Gasteiger partial charge is 0.377 e. The lowest BCUT2D eigenvalue weighted by molar-refractivity contribution is -0.00804. The van der Waals surface area contributed by atoms with E-state index in [4.69, 9.17) is 10.6 Å². The summed E-state index contributed by atoms with van der Waals surface area (Å²) in [6.45, 7) is 6.07. The maximum Gasteiger partial charge on any atom is 0.138 e. The number of hydrogen-bond acceptors (Lipinski definition) is 5. The molecule has 1 aromatic rings. The minimum atomic E-state index is 0.107. The average molecular weight is 267 g/mol. The van der Waals surface area contributed by atoms with Crippen molar-refractivity contribution in [3.05, 3.63) is 12.2 Å². The van der Waals surface area contributed by atoms with Gasteiger partial charge in [0.2, 0.25) is 0 Å². The number of ether oxygens (including phenoxy) is 1. The number of rotatable bonds is 6. The van der Waals surface area contributed by atoms with Crippen LogP contribution in [0.3, 0.4) is 0 Å². The quantitative estimate of drug-likeness (QED) is 0.591. The molecule has 3 N–H and O–H groups in total. The predicted molar refractivity (Wildman–Crippen MR) is 73.3 cm³/mol. The van der Waals surface area contributed by atoms with Crippen LogP contribution in [0.1, 0.15) is 38.9 Å². The van der Waals surface area contributed by atoms with Crippen molar-refractivity contribution in [2.45, 2.75) is 58.2 Å². The summed E-state index contributed by atoms with van der Waals surface area (Å²) in [4.78, 5) is 4.35. The van der Waals surface area contributed by atoms with Crippen molar-refractivity contribution in [2.24, 2.45) is 11.8 Å². The monoisotopic (exact) mass is 267 g/mol. The normalized spacial score (nSPS) is 21.8. The molecule has 2 heterocycles. The maximum atomic E-state index is 5.80. The Labute approximate surface area is 114 Å². The molecule has 6 heteroatoms. The molecule has 1 aliphatic rings. The van der Waals surface area contributed by atoms with E-state index in [0.717, 1.165) is 38.2 Å². The lowest BCUT2D eigenvalue weighted by Crippen LogP contribution is -2.48. The highest BCUT2D eigenvalue weighted by molar-refractivity contribution is 4.93. The number of aromatic nitrogens is 3. The Hall–Kier alpha value is -0.980. The smallest absolute Gasteiger partial charge is 0.138 e. The minimum absolute atomic E-state index is 0.107. The Kier molecular flexibility index (Phi) is 5.30. The van der Waals surface area contributed by atoms with Crippen LogP contribution in [-0.4, -0.2) is 33.5 Å². The van der Waals surface area contributed by atoms with Crippen LogP contribution in [0, 0.1) is 5.92 Å². The summed E-state index contributed by atoms with van der Waals surface area (Å²) in [6, 6.07) is 0.107. The zero-order chi connectivity index (χ0) is 13.7. The molecule has 19 heavy (non-hydrogen) atoms. The van der Waals surface area contributed by atoms with Gasteiger partial charge >= 0.3 is 0 Å². The van der Waals surface area contributed by atoms with Crippen molar-refractivity contribution in [1.82, 2.24) is 20.2 Å². The van der Waals surface area contributed by atoms with E-state index in [1.807, 2.05) is 4.68 Å². The molecule has 0 bridgehead atoms. The van der Waals surface area contributed by atoms with Crippen LogP contribution in [0.4, 0.5) is 0 Å². The molecule has 1 aromatic heterocycles. The molecule has 1 fully saturated rings. The Morgan fingerprint density at radius 2 is 2.37 bits per heavy atom. The second-order valence-electron chi connectivity index (χ2n) is 5.63. The van der Waals surface area contributed by atoms with Gasteiger partial charge in [-0.1, -0.05) is 13.8 Å². The van der Waals surface area contributed by atoms with Crippen molar-refractivity contribution in [3.8, 4) is 0 Å². The molecular weight excluding hydrogens is 242 g/mol. The summed E-state index contributed by atoms with van der Waals surface area (Å²) in [5.41, 5.74) is 2.88. The second kappa shape index (κ2) is 6.98. The number of hydrazine groups is 1. The van der Waals surface area contributed by atoms with E-state index in [0.29, 0.717) is 5.92 Å². The number of hydrogen-bond donors (Lipinski definition) is 2. The van der Waals surface area contributed by atoms with Crippen LogP contribution >= 0.6 is 0 Å². The summed E-state index contributed by atoms with van der Waals surface area (Å²) in [6.07, 6.45) is 5.98. The fourth-order valence-corrected chi connectivity index (χ4v) is 2.52. The van der Waals surface area contributed by atoms with Gasteiger partial charge < -0.3 is 4.74 Å². The summed E-state index contributed by atoms with van der Waals surface area (Å²) in [5.74, 6) is 7.21. The van der Waals surface area contributed by atoms with Gasteiger partial charge in [-0.3, -0.25) is 11.3 Å². The lowest BCUT2D eigenvalue weighted by Gasteiger charge is -2.29. The standard InChI is InChI=1S/C13H25N5O/c1-10(2)8-18-13(15-9-16-18)7-11(17-14)12-5-3-4-6-19-12/h9-12,17H,3-8,14H2,1-2H3. The van der Waals surface area contributed by atoms with Gasteiger partial charge in [-0.05, 0) is 25.2 Å². The van der Waals surface area contributed by atoms with Crippen molar-refractivity contribution in [2.75, 3.05) is 6.61 Å². The second-order valence-corrected chi connectivity index (χ2v) is 5.63. The van der Waals surface area contributed by atoms with E-state index < -0.39 is 0 Å². The Balaban J connectivity index is 1.99. The SMILES string of the molecule is CC(C)Cn1ncnc1CC(NN)C1CCCCO1. The first-order chi connectivity index (χ1) is 9.20. The Morgan fingerprint density at radius 1 is 1.53 bits per heavy atom. The number of nitrogens with zero attached hydrogens (tertiary/aromatic N) is 3. The predicted octanol–water partition coefficient (Wildman–Crippen LogP) is 0.878. The van der Waals surface area contributed by atoms with E-state index in [-0.39, 0.29) is 12.1 Å². The van der Waals surface area contributed by atoms with Crippen molar-refractivity contribution < 1.29 is 4.74 Å². The van der Waals surface area contributed by atoms with Gasteiger partial charge in [0.1, 0.15) is 12.2 Å². The highest BCUT2D eigenvalue weighted by Crippen LogP contribution is 2.18. The zero-order valence-electron chi connectivity index (χ0n) is 11.9. The molecular formula is C13H25N5O. The third kappa shape index (κ3) is 3.99. The molecule has 0 aromatic carbocycles. The highest BCUT2D eigenvalue weighted by Gasteiger charge is 2.25. The van der Waals surface area contributed by atoms with E-state index >= 15 is 0 Å². The van der Waals surface area contributed by atoms with Gasteiger partial charge in [0.25, 0.3) is 0 Å². The van der Waals surface area contributed by atoms with Gasteiger partial charge in [-0.15, -0.1) is 0 Å². The van der Waals surface area contributed by atoms with Gasteiger partial charge in [0.15, 0.2) is 0 Å². The molecule has 1 saturated heterocycles. The molecule has 2 unspecified atom stereocenters. The highest BCUT2D eigenvalue weighted by atomic mass is 16.5. The molecule has 2 rings (SSSR count). The third-order valence-corrected chi connectivity index (χ3v) is 3.51. The van der Waals surface area contributed by atoms with E-state index in [1.165, 1.54) is 6.42 Å². The fraction of sp³-hybridized carbons (Fsp3) is 0.846. The van der Waals surface area contributed by atoms with Crippen LogP contribution in [0.15, 0.2) is 6.33 Å². The van der Waals surface area contributed by atoms with Gasteiger partial charge in [-0.2, -0.15) is 5.10 Å². The van der Waals surface area contributed by atoms with Gasteiger partial charge in [0, 0.05) is 19.6 Å². The molecule has 0 saturated carbocycles. The zero-order valence-corrected chi connectivity index (χ0v) is 11.9. The van der Waals surface area contributed by atoms with Crippen molar-refractivity contribution >= 4 is 0 Å². The molecule has 0 spiro atoms. The van der Waals surface area contributed by atoms with Crippen molar-refractivity contribution in [1.29, 1.82) is 0 Å². The third-order valence-electron chi connectivity index (χ3n) is 3.51. The van der Waals surface area contributed by atoms with E-state index in [2.05, 4.69) is 29.4 Å². The van der Waals surface area contributed by atoms with Gasteiger partial charge in [-0.25, -0.2) is 9.67 Å². The van der Waals surface area contributed by atoms with Crippen LogP contribution in [0.2, 0.25) is 0 Å². The first-order valence-corrected chi connectivity index (χ1v) is 7.15. The summed E-state index contributed by atoms with van der Waals surface area (Å²) in [5, 5.41) is 4.28. The Morgan fingerprint density at radius 3 is 3.00 bits per heavy atom. The molecule has 0 aliphatic carbocycles. The first-order valence-electron chi connectivity index (χ1n) is 7.15. The molecule has 0 amide bonds. The average Bonchev–Trinajstić information content (AvgIpc) is 2.83. The van der Waals surface area contributed by atoms with E-state index in [9.17, 15) is 0 Å². The Bertz CT molecular complexity index is 373. The number of nitrogens with one attached hydrogen (secondary N) is 1. The fourth-order valence-electron chi connectivity index (χ4n) is 2.52. The lowest BCUT2D eigenvalue weighted by atomic mass is 10.00. The van der Waals surface area contributed by atoms with Crippen LogP contribution in [0.25, 0.3) is 0 Å². The topological polar surface area (TPSA) is 78.0 Å². The molecule has 108 valence electrons. The van der Waals surface area contributed by atoms with E-state index in [1.54, 1.807) is 6.33 Å². The molecule has 1 aliphatic heterocycles. The first kappa shape index (κ1) is 14.4. The molecule has 6 nitrogen and oxygen atoms in total. The minimum Gasteiger partial charge on any atom is -0.377 e. The summed E-state index contributed by atoms with van der Waals surface area (Å²) < 4.78 is 7.77. The van der Waals surface area contributed by atoms with Crippen LogP contribution in [-0.2, 0) is 17.7 Å². The van der Waals surface area contributed by atoms with Gasteiger partial charge in [0.05, 0.1) is 12.1 Å². The number of nitrogens with two attached hydrogens (primary N) is 1. The summed E-state index contributed by atoms with van der Waals surface area (Å²) in [7, 11) is 0. The summed E-state index contributed by atoms with van der Waals surface area (Å²) >= 11 is 0. The molecule has 0 radical (unpaired) electrons. The maximum absolute atomic E-state index is 5.80. The van der Waals surface area contributed by atoms with Crippen LogP contribution < -0.4 is 11.3 Å². The van der Waals surface area contributed by atoms with Crippen molar-refractivity contribution in [3.63, 3.8) is 0 Å². The van der Waals surface area contributed by atoms with Crippen LogP contribution in [0.5, 0.6) is 0 Å².